The predicted molar refractivity (Wildman–Crippen MR) is 224 cm³/mol. The van der Waals surface area contributed by atoms with Gasteiger partial charge in [0.05, 0.1) is 5.69 Å². The molecular formula is C45H48N10O5. The maximum absolute atomic E-state index is 12.7. The highest BCUT2D eigenvalue weighted by atomic mass is 16.5. The Hall–Kier alpha value is -6.48. The van der Waals surface area contributed by atoms with Crippen LogP contribution < -0.4 is 20.3 Å². The smallest absolute Gasteiger partial charge is 0.315 e. The minimum atomic E-state index is -0.622. The number of aromatic amines is 1. The summed E-state index contributed by atoms with van der Waals surface area (Å²) in [5, 5.41) is 10.1. The van der Waals surface area contributed by atoms with Crippen LogP contribution in [0.4, 0.5) is 5.82 Å². The van der Waals surface area contributed by atoms with Gasteiger partial charge < -0.3 is 24.5 Å². The number of fused-ring (bicyclic) bond motifs is 1. The molecule has 3 N–H and O–H groups in total. The molecule has 3 aliphatic rings. The SMILES string of the molecule is Cc1cc(-c2ncnc3[nH]c(-c4ccc(N5CCN([C@H]6C[C@@H](c7ccc(O[C@@H]8CCC(=O)NC8=O)cc7)C6)CC5)nc4)cc23)ccc1CNC(=O)c1nc(C(C)(C)C)no1. The molecule has 3 fully saturated rings. The Labute approximate surface area is 347 Å². The number of H-pyrrole nitrogens is 1. The van der Waals surface area contributed by atoms with Crippen molar-refractivity contribution in [3.05, 3.63) is 102 Å². The Morgan fingerprint density at radius 1 is 0.950 bits per heavy atom. The Bertz CT molecular complexity index is 2550. The molecule has 0 unspecified atom stereocenters. The lowest BCUT2D eigenvalue weighted by atomic mass is 9.75. The van der Waals surface area contributed by atoms with Gasteiger partial charge in [-0.1, -0.05) is 50.2 Å². The topological polar surface area (TPSA) is 184 Å². The van der Waals surface area contributed by atoms with E-state index >= 15 is 0 Å². The molecule has 60 heavy (non-hydrogen) atoms. The van der Waals surface area contributed by atoms with Crippen LogP contribution in [0.3, 0.4) is 0 Å². The number of imide groups is 1. The van der Waals surface area contributed by atoms with Crippen molar-refractivity contribution in [1.29, 1.82) is 0 Å². The number of nitrogens with zero attached hydrogens (tertiary/aromatic N) is 7. The number of hydrogen-bond acceptors (Lipinski definition) is 12. The molecule has 308 valence electrons. The van der Waals surface area contributed by atoms with Gasteiger partial charge in [-0.05, 0) is 78.8 Å². The van der Waals surface area contributed by atoms with Crippen molar-refractivity contribution in [1.82, 2.24) is 45.6 Å². The summed E-state index contributed by atoms with van der Waals surface area (Å²) in [7, 11) is 0. The first-order valence-corrected chi connectivity index (χ1v) is 20.6. The average Bonchev–Trinajstić information content (AvgIpc) is 3.91. The molecule has 2 aromatic carbocycles. The van der Waals surface area contributed by atoms with E-state index in [0.29, 0.717) is 42.9 Å². The van der Waals surface area contributed by atoms with Crippen LogP contribution in [0.25, 0.3) is 33.5 Å². The first-order valence-electron chi connectivity index (χ1n) is 20.6. The van der Waals surface area contributed by atoms with Crippen molar-refractivity contribution in [2.45, 2.75) is 83.4 Å². The second-order valence-electron chi connectivity index (χ2n) is 17.0. The van der Waals surface area contributed by atoms with Gasteiger partial charge >= 0.3 is 11.8 Å². The zero-order valence-corrected chi connectivity index (χ0v) is 34.2. The highest BCUT2D eigenvalue weighted by Crippen LogP contribution is 2.41. The molecule has 15 nitrogen and oxygen atoms in total. The minimum absolute atomic E-state index is 0.0492. The van der Waals surface area contributed by atoms with Gasteiger partial charge in [-0.15, -0.1) is 0 Å². The van der Waals surface area contributed by atoms with Crippen molar-refractivity contribution in [3.63, 3.8) is 0 Å². The van der Waals surface area contributed by atoms with Gasteiger partial charge in [-0.25, -0.2) is 15.0 Å². The van der Waals surface area contributed by atoms with Crippen molar-refractivity contribution >= 4 is 34.6 Å². The van der Waals surface area contributed by atoms with E-state index in [-0.39, 0.29) is 23.1 Å². The number of aryl methyl sites for hydroxylation is 1. The number of nitrogens with one attached hydrogen (secondary N) is 3. The number of piperazine rings is 1. The summed E-state index contributed by atoms with van der Waals surface area (Å²) >= 11 is 0. The van der Waals surface area contributed by atoms with Crippen molar-refractivity contribution in [3.8, 4) is 28.3 Å². The summed E-state index contributed by atoms with van der Waals surface area (Å²) in [4.78, 5) is 63.0. The van der Waals surface area contributed by atoms with Gasteiger partial charge in [0.2, 0.25) is 5.91 Å². The van der Waals surface area contributed by atoms with Crippen LogP contribution in [0.2, 0.25) is 0 Å². The van der Waals surface area contributed by atoms with E-state index in [1.165, 1.54) is 5.56 Å². The lowest BCUT2D eigenvalue weighted by Gasteiger charge is -2.47. The number of anilines is 1. The Morgan fingerprint density at radius 3 is 2.43 bits per heavy atom. The first kappa shape index (κ1) is 39.0. The molecule has 1 atom stereocenters. The molecule has 15 heteroatoms. The third kappa shape index (κ3) is 8.09. The molecule has 0 radical (unpaired) electrons. The number of carbonyl (C=O) groups excluding carboxylic acids is 3. The lowest BCUT2D eigenvalue weighted by molar-refractivity contribution is -0.138. The number of aromatic nitrogens is 6. The highest BCUT2D eigenvalue weighted by Gasteiger charge is 2.36. The molecule has 2 saturated heterocycles. The minimum Gasteiger partial charge on any atom is -0.481 e. The van der Waals surface area contributed by atoms with Gasteiger partial charge in [-0.3, -0.25) is 24.6 Å². The molecule has 6 heterocycles. The Morgan fingerprint density at radius 2 is 1.73 bits per heavy atom. The number of rotatable bonds is 10. The van der Waals surface area contributed by atoms with E-state index in [9.17, 15) is 14.4 Å². The van der Waals surface area contributed by atoms with Gasteiger partial charge in [0.15, 0.2) is 11.9 Å². The predicted octanol–water partition coefficient (Wildman–Crippen LogP) is 5.86. The zero-order chi connectivity index (χ0) is 41.5. The fourth-order valence-corrected chi connectivity index (χ4v) is 8.21. The second kappa shape index (κ2) is 15.9. The summed E-state index contributed by atoms with van der Waals surface area (Å²) in [5.74, 6) is 1.56. The fraction of sp³-hybridized carbons (Fsp3) is 0.378. The van der Waals surface area contributed by atoms with Crippen LogP contribution in [0.5, 0.6) is 5.75 Å². The van der Waals surface area contributed by atoms with Crippen LogP contribution in [0.15, 0.2) is 77.7 Å². The molecular weight excluding hydrogens is 761 g/mol. The highest BCUT2D eigenvalue weighted by molar-refractivity contribution is 6.00. The summed E-state index contributed by atoms with van der Waals surface area (Å²) in [5.41, 5.74) is 7.35. The largest absolute Gasteiger partial charge is 0.481 e. The van der Waals surface area contributed by atoms with Gasteiger partial charge in [0, 0.05) is 85.4 Å². The standard InChI is InChI=1S/C45H48N10O5/c1-26-19-28(5-6-29(26)23-47-42(58)43-52-44(53-60-43)45(2,3)4)39-34-22-35(50-40(34)49-25-48-39)30-9-13-37(46-24-30)55-17-15-54(16-18-55)32-20-31(21-32)27-7-10-33(11-8-27)59-36-12-14-38(56)51-41(36)57/h5-11,13,19,22,24-25,31-32,36H,12,14-18,20-21,23H2,1-4H3,(H,47,58)(H,48,49,50)(H,51,56,57)/t31-,32+,36-/m1/s1. The lowest BCUT2D eigenvalue weighted by Crippen LogP contribution is -2.53. The van der Waals surface area contributed by atoms with E-state index in [1.807, 2.05) is 58.2 Å². The van der Waals surface area contributed by atoms with E-state index in [2.05, 4.69) is 81.9 Å². The molecule has 2 aliphatic heterocycles. The maximum atomic E-state index is 12.7. The van der Waals surface area contributed by atoms with Gasteiger partial charge in [-0.2, -0.15) is 4.98 Å². The average molecular weight is 809 g/mol. The van der Waals surface area contributed by atoms with Crippen LogP contribution in [-0.2, 0) is 21.5 Å². The molecule has 6 aromatic rings. The number of benzene rings is 2. The zero-order valence-electron chi connectivity index (χ0n) is 34.2. The Balaban J connectivity index is 0.774. The molecule has 1 aliphatic carbocycles. The summed E-state index contributed by atoms with van der Waals surface area (Å²) in [6.45, 7) is 12.1. The summed E-state index contributed by atoms with van der Waals surface area (Å²) in [6, 6.07) is 21.0. The third-order valence-corrected chi connectivity index (χ3v) is 11.9. The maximum Gasteiger partial charge on any atom is 0.315 e. The molecule has 9 rings (SSSR count). The third-order valence-electron chi connectivity index (χ3n) is 11.9. The van der Waals surface area contributed by atoms with Crippen LogP contribution in [0.1, 0.15) is 85.6 Å². The first-order chi connectivity index (χ1) is 28.9. The second-order valence-corrected chi connectivity index (χ2v) is 17.0. The van der Waals surface area contributed by atoms with Crippen molar-refractivity contribution in [2.75, 3.05) is 31.1 Å². The fourth-order valence-electron chi connectivity index (χ4n) is 8.21. The van der Waals surface area contributed by atoms with Gasteiger partial charge in [0.1, 0.15) is 23.5 Å². The molecule has 0 bridgehead atoms. The van der Waals surface area contributed by atoms with E-state index in [4.69, 9.17) is 14.2 Å². The van der Waals surface area contributed by atoms with E-state index in [1.54, 1.807) is 6.33 Å². The number of piperidine rings is 1. The molecule has 3 amide bonds. The normalized spacial score (nSPS) is 19.9. The Kier molecular flexibility index (Phi) is 10.4. The van der Waals surface area contributed by atoms with Gasteiger partial charge in [0.25, 0.3) is 5.91 Å². The number of carbonyl (C=O) groups is 3. The number of pyridine rings is 1. The molecule has 0 spiro atoms. The number of ether oxygens (including phenoxy) is 1. The van der Waals surface area contributed by atoms with Crippen LogP contribution in [-0.4, -0.2) is 91.0 Å². The van der Waals surface area contributed by atoms with E-state index in [0.717, 1.165) is 89.5 Å². The number of amides is 3. The summed E-state index contributed by atoms with van der Waals surface area (Å²) < 4.78 is 11.0. The monoisotopic (exact) mass is 808 g/mol. The van der Waals surface area contributed by atoms with E-state index < -0.39 is 12.0 Å². The number of hydrogen-bond donors (Lipinski definition) is 3. The quantitative estimate of drug-likeness (QED) is 0.140. The molecule has 1 saturated carbocycles. The van der Waals surface area contributed by atoms with Crippen molar-refractivity contribution < 1.29 is 23.6 Å². The van der Waals surface area contributed by atoms with Crippen LogP contribution >= 0.6 is 0 Å². The van der Waals surface area contributed by atoms with Crippen LogP contribution in [0, 0.1) is 6.92 Å². The summed E-state index contributed by atoms with van der Waals surface area (Å²) in [6.07, 6.45) is 5.83. The van der Waals surface area contributed by atoms with Crippen molar-refractivity contribution in [2.24, 2.45) is 0 Å². The molecule has 4 aromatic heterocycles.